The van der Waals surface area contributed by atoms with E-state index < -0.39 is 17.7 Å². The maximum atomic E-state index is 11.9. The Morgan fingerprint density at radius 1 is 1.39 bits per heavy atom. The molecule has 0 bridgehead atoms. The highest BCUT2D eigenvalue weighted by Gasteiger charge is 2.44. The van der Waals surface area contributed by atoms with Crippen LogP contribution in [-0.2, 0) is 4.79 Å². The largest absolute Gasteiger partial charge is 0.390 e. The van der Waals surface area contributed by atoms with Gasteiger partial charge in [-0.15, -0.1) is 0 Å². The summed E-state index contributed by atoms with van der Waals surface area (Å²) in [5, 5.41) is 15.5. The first-order chi connectivity index (χ1) is 8.03. The van der Waals surface area contributed by atoms with Crippen molar-refractivity contribution < 1.29 is 14.7 Å². The van der Waals surface area contributed by atoms with Crippen molar-refractivity contribution in [2.75, 3.05) is 13.1 Å². The summed E-state index contributed by atoms with van der Waals surface area (Å²) in [4.78, 5) is 24.5. The zero-order valence-electron chi connectivity index (χ0n) is 11.7. The monoisotopic (exact) mass is 257 g/mol. The Kier molecular flexibility index (Phi) is 4.02. The minimum Gasteiger partial charge on any atom is -0.390 e. The smallest absolute Gasteiger partial charge is 0.325 e. The Balaban J connectivity index is 2.53. The summed E-state index contributed by atoms with van der Waals surface area (Å²) in [5.41, 5.74) is -0.994. The SMILES string of the molecule is CC(C)(C)NCC(O)CN1C(=O)NC(C)(C)C1=O. The molecule has 3 N–H and O–H groups in total. The third-order valence-corrected chi connectivity index (χ3v) is 2.71. The maximum absolute atomic E-state index is 11.9. The van der Waals surface area contributed by atoms with E-state index in [9.17, 15) is 14.7 Å². The number of rotatable bonds is 4. The standard InChI is InChI=1S/C12H23N3O3/c1-11(2,3)13-6-8(16)7-15-9(17)12(4,5)14-10(15)18/h8,13,16H,6-7H2,1-5H3,(H,14,18). The molecular formula is C12H23N3O3. The molecule has 18 heavy (non-hydrogen) atoms. The molecule has 0 aromatic heterocycles. The number of hydrogen-bond donors (Lipinski definition) is 3. The third-order valence-electron chi connectivity index (χ3n) is 2.71. The number of carbonyl (C=O) groups is 2. The molecule has 6 heteroatoms. The van der Waals surface area contributed by atoms with Crippen molar-refractivity contribution in [3.8, 4) is 0 Å². The average molecular weight is 257 g/mol. The summed E-state index contributed by atoms with van der Waals surface area (Å²) < 4.78 is 0. The molecule has 1 aliphatic rings. The van der Waals surface area contributed by atoms with Gasteiger partial charge in [-0.05, 0) is 34.6 Å². The fraction of sp³-hybridized carbons (Fsp3) is 0.833. The molecule has 1 rings (SSSR count). The molecule has 0 saturated carbocycles. The molecule has 1 heterocycles. The average Bonchev–Trinajstić information content (AvgIpc) is 2.37. The zero-order chi connectivity index (χ0) is 14.1. The predicted octanol–water partition coefficient (Wildman–Crippen LogP) is 0.0658. The van der Waals surface area contributed by atoms with Gasteiger partial charge in [-0.3, -0.25) is 9.69 Å². The summed E-state index contributed by atoms with van der Waals surface area (Å²) in [7, 11) is 0. The van der Waals surface area contributed by atoms with E-state index in [0.717, 1.165) is 4.90 Å². The van der Waals surface area contributed by atoms with Crippen molar-refractivity contribution in [1.29, 1.82) is 0 Å². The Hall–Kier alpha value is -1.14. The van der Waals surface area contributed by atoms with Crippen LogP contribution >= 0.6 is 0 Å². The molecular weight excluding hydrogens is 234 g/mol. The van der Waals surface area contributed by atoms with Gasteiger partial charge >= 0.3 is 6.03 Å². The molecule has 104 valence electrons. The lowest BCUT2D eigenvalue weighted by molar-refractivity contribution is -0.131. The van der Waals surface area contributed by atoms with Gasteiger partial charge in [-0.2, -0.15) is 0 Å². The van der Waals surface area contributed by atoms with Crippen molar-refractivity contribution in [2.24, 2.45) is 0 Å². The van der Waals surface area contributed by atoms with Crippen molar-refractivity contribution in [1.82, 2.24) is 15.5 Å². The highest BCUT2D eigenvalue weighted by Crippen LogP contribution is 2.16. The maximum Gasteiger partial charge on any atom is 0.325 e. The summed E-state index contributed by atoms with van der Waals surface area (Å²) in [6, 6.07) is -0.445. The number of amides is 3. The molecule has 0 spiro atoms. The second kappa shape index (κ2) is 4.85. The molecule has 1 aliphatic heterocycles. The van der Waals surface area contributed by atoms with Gasteiger partial charge in [0.2, 0.25) is 0 Å². The second-order valence-electron chi connectivity index (χ2n) is 6.26. The summed E-state index contributed by atoms with van der Waals surface area (Å²) >= 11 is 0. The lowest BCUT2D eigenvalue weighted by Crippen LogP contribution is -2.46. The number of β-amino-alcohol motifs (C(OH)–C–C–N with tert-alkyl or cyclic N) is 1. The van der Waals surface area contributed by atoms with Crippen LogP contribution < -0.4 is 10.6 Å². The van der Waals surface area contributed by atoms with Gasteiger partial charge in [0.05, 0.1) is 12.6 Å². The fourth-order valence-electron chi connectivity index (χ4n) is 1.68. The highest BCUT2D eigenvalue weighted by atomic mass is 16.3. The van der Waals surface area contributed by atoms with Crippen LogP contribution in [-0.4, -0.2) is 52.2 Å². The third kappa shape index (κ3) is 3.68. The van der Waals surface area contributed by atoms with Crippen LogP contribution in [0.1, 0.15) is 34.6 Å². The van der Waals surface area contributed by atoms with Gasteiger partial charge in [0.25, 0.3) is 5.91 Å². The summed E-state index contributed by atoms with van der Waals surface area (Å²) in [6.07, 6.45) is -0.771. The van der Waals surface area contributed by atoms with E-state index in [0.29, 0.717) is 6.54 Å². The number of nitrogens with one attached hydrogen (secondary N) is 2. The molecule has 0 radical (unpaired) electrons. The topological polar surface area (TPSA) is 81.7 Å². The van der Waals surface area contributed by atoms with E-state index in [1.54, 1.807) is 13.8 Å². The fourth-order valence-corrected chi connectivity index (χ4v) is 1.68. The van der Waals surface area contributed by atoms with E-state index in [-0.39, 0.29) is 18.0 Å². The van der Waals surface area contributed by atoms with E-state index >= 15 is 0 Å². The Morgan fingerprint density at radius 2 is 1.94 bits per heavy atom. The Bertz CT molecular complexity index is 347. The zero-order valence-corrected chi connectivity index (χ0v) is 11.7. The lowest BCUT2D eigenvalue weighted by Gasteiger charge is -2.24. The van der Waals surface area contributed by atoms with Crippen molar-refractivity contribution in [3.63, 3.8) is 0 Å². The van der Waals surface area contributed by atoms with Crippen LogP contribution in [0.4, 0.5) is 4.79 Å². The summed E-state index contributed by atoms with van der Waals surface area (Å²) in [5.74, 6) is -0.303. The van der Waals surface area contributed by atoms with E-state index in [4.69, 9.17) is 0 Å². The van der Waals surface area contributed by atoms with Gasteiger partial charge < -0.3 is 15.7 Å². The molecule has 3 amide bonds. The quantitative estimate of drug-likeness (QED) is 0.622. The van der Waals surface area contributed by atoms with Crippen LogP contribution in [0.15, 0.2) is 0 Å². The predicted molar refractivity (Wildman–Crippen MR) is 68.1 cm³/mol. The van der Waals surface area contributed by atoms with Gasteiger partial charge in [-0.1, -0.05) is 0 Å². The van der Waals surface area contributed by atoms with Gasteiger partial charge in [-0.25, -0.2) is 4.79 Å². The van der Waals surface area contributed by atoms with Crippen molar-refractivity contribution >= 4 is 11.9 Å². The minimum atomic E-state index is -0.881. The molecule has 0 aromatic rings. The molecule has 1 unspecified atom stereocenters. The van der Waals surface area contributed by atoms with Gasteiger partial charge in [0.1, 0.15) is 5.54 Å². The van der Waals surface area contributed by atoms with Crippen LogP contribution in [0.5, 0.6) is 0 Å². The molecule has 1 atom stereocenters. The first-order valence-electron chi connectivity index (χ1n) is 6.10. The van der Waals surface area contributed by atoms with Crippen LogP contribution in [0, 0.1) is 0 Å². The first-order valence-corrected chi connectivity index (χ1v) is 6.10. The van der Waals surface area contributed by atoms with Crippen molar-refractivity contribution in [3.05, 3.63) is 0 Å². The van der Waals surface area contributed by atoms with Gasteiger partial charge in [0.15, 0.2) is 0 Å². The number of aliphatic hydroxyl groups excluding tert-OH is 1. The lowest BCUT2D eigenvalue weighted by atomic mass is 10.1. The normalized spacial score (nSPS) is 21.1. The first kappa shape index (κ1) is 14.9. The van der Waals surface area contributed by atoms with E-state index in [1.807, 2.05) is 20.8 Å². The number of carbonyl (C=O) groups excluding carboxylic acids is 2. The summed E-state index contributed by atoms with van der Waals surface area (Å²) in [6.45, 7) is 9.59. The van der Waals surface area contributed by atoms with Crippen LogP contribution in [0.25, 0.3) is 0 Å². The van der Waals surface area contributed by atoms with Gasteiger partial charge in [0, 0.05) is 12.1 Å². The number of imide groups is 1. The Labute approximate surface area is 108 Å². The number of urea groups is 1. The highest BCUT2D eigenvalue weighted by molar-refractivity contribution is 6.06. The molecule has 1 fully saturated rings. The van der Waals surface area contributed by atoms with Crippen molar-refractivity contribution in [2.45, 2.75) is 51.8 Å². The molecule has 0 aromatic carbocycles. The van der Waals surface area contributed by atoms with E-state index in [1.165, 1.54) is 0 Å². The van der Waals surface area contributed by atoms with E-state index in [2.05, 4.69) is 10.6 Å². The molecule has 6 nitrogen and oxygen atoms in total. The molecule has 0 aliphatic carbocycles. The molecule has 1 saturated heterocycles. The number of hydrogen-bond acceptors (Lipinski definition) is 4. The Morgan fingerprint density at radius 3 is 2.33 bits per heavy atom. The van der Waals surface area contributed by atoms with Crippen LogP contribution in [0.3, 0.4) is 0 Å². The number of aliphatic hydroxyl groups is 1. The second-order valence-corrected chi connectivity index (χ2v) is 6.26. The minimum absolute atomic E-state index is 0.0111. The number of nitrogens with zero attached hydrogens (tertiary/aromatic N) is 1. The van der Waals surface area contributed by atoms with Crippen LogP contribution in [0.2, 0.25) is 0 Å².